The second kappa shape index (κ2) is 8.59. The third-order valence-corrected chi connectivity index (χ3v) is 10.1. The summed E-state index contributed by atoms with van der Waals surface area (Å²) < 4.78 is 1.55. The number of hydrogen-bond donors (Lipinski definition) is 0. The number of hydrogen-bond acceptors (Lipinski definition) is 2. The van der Waals surface area contributed by atoms with Crippen LogP contribution in [0.25, 0.3) is 10.1 Å². The highest BCUT2D eigenvalue weighted by Gasteiger charge is 2.45. The SMILES string of the molecule is C1=C(CCc2ccccc2)C2=C(SCC2)C2c3cc(CCc4ccccc4)c4ccsc4c3C12. The highest BCUT2D eigenvalue weighted by Crippen LogP contribution is 2.63. The molecule has 4 aromatic rings. The van der Waals surface area contributed by atoms with Gasteiger partial charge in [-0.05, 0) is 92.8 Å². The predicted molar refractivity (Wildman–Crippen MR) is 148 cm³/mol. The van der Waals surface area contributed by atoms with Gasteiger partial charge in [-0.25, -0.2) is 0 Å². The Hall–Kier alpha value is -2.55. The largest absolute Gasteiger partial charge is 0.143 e. The van der Waals surface area contributed by atoms with Crippen molar-refractivity contribution in [3.8, 4) is 0 Å². The summed E-state index contributed by atoms with van der Waals surface area (Å²) in [5, 5.41) is 3.80. The molecule has 2 atom stereocenters. The first-order chi connectivity index (χ1) is 16.9. The molecule has 0 nitrogen and oxygen atoms in total. The van der Waals surface area contributed by atoms with Gasteiger partial charge >= 0.3 is 0 Å². The summed E-state index contributed by atoms with van der Waals surface area (Å²) in [5.41, 5.74) is 11.0. The van der Waals surface area contributed by atoms with Gasteiger partial charge in [0.05, 0.1) is 0 Å². The molecular weight excluding hydrogens is 448 g/mol. The van der Waals surface area contributed by atoms with Crippen LogP contribution < -0.4 is 0 Å². The fourth-order valence-corrected chi connectivity index (χ4v) is 8.70. The number of fused-ring (bicyclic) bond motifs is 7. The molecule has 0 radical (unpaired) electrons. The van der Waals surface area contributed by atoms with Crippen LogP contribution >= 0.6 is 23.1 Å². The Morgan fingerprint density at radius 2 is 1.53 bits per heavy atom. The molecule has 0 fully saturated rings. The van der Waals surface area contributed by atoms with Gasteiger partial charge in [0, 0.05) is 22.3 Å². The highest BCUT2D eigenvalue weighted by atomic mass is 32.2. The minimum absolute atomic E-state index is 0.578. The van der Waals surface area contributed by atoms with Crippen LogP contribution in [0.5, 0.6) is 0 Å². The summed E-state index contributed by atoms with van der Waals surface area (Å²) in [5.74, 6) is 2.45. The number of thioether (sulfide) groups is 1. The Morgan fingerprint density at radius 1 is 0.794 bits per heavy atom. The smallest absolute Gasteiger partial charge is 0.0386 e. The van der Waals surface area contributed by atoms with Crippen LogP contribution in [0.4, 0.5) is 0 Å². The molecule has 0 bridgehead atoms. The highest BCUT2D eigenvalue weighted by molar-refractivity contribution is 8.03. The monoisotopic (exact) mass is 476 g/mol. The molecular formula is C32H28S2. The standard InChI is InChI=1S/C32H28S2/c1-3-7-21(8-4-1)11-13-23-19-27-29(31-25(23)15-17-33-31)28-20-24(14-12-22-9-5-2-6-10-22)26-16-18-34-32(26)30(27)28/h1-10,15,17,19-20,28,30H,11-14,16,18H2. The van der Waals surface area contributed by atoms with Gasteiger partial charge in [-0.2, -0.15) is 0 Å². The zero-order valence-corrected chi connectivity index (χ0v) is 20.9. The molecule has 2 heteroatoms. The normalized spacial score (nSPS) is 20.5. The van der Waals surface area contributed by atoms with E-state index in [0.717, 1.165) is 19.3 Å². The number of rotatable bonds is 6. The van der Waals surface area contributed by atoms with E-state index in [2.05, 4.69) is 96.0 Å². The van der Waals surface area contributed by atoms with Crippen LogP contribution in [0, 0.1) is 0 Å². The Labute approximate surface area is 210 Å². The molecule has 1 aromatic heterocycles. The third kappa shape index (κ3) is 3.42. The molecule has 168 valence electrons. The first-order valence-corrected chi connectivity index (χ1v) is 14.4. The van der Waals surface area contributed by atoms with Crippen LogP contribution in [0.2, 0.25) is 0 Å². The number of thiophene rings is 1. The summed E-state index contributed by atoms with van der Waals surface area (Å²) in [6.07, 6.45) is 8.48. The maximum absolute atomic E-state index is 2.67. The minimum atomic E-state index is 0.578. The van der Waals surface area contributed by atoms with E-state index in [9.17, 15) is 0 Å². The van der Waals surface area contributed by atoms with Crippen molar-refractivity contribution < 1.29 is 0 Å². The quantitative estimate of drug-likeness (QED) is 0.268. The summed E-state index contributed by atoms with van der Waals surface area (Å²) in [6, 6.07) is 26.9. The van der Waals surface area contributed by atoms with Gasteiger partial charge in [0.2, 0.25) is 0 Å². The van der Waals surface area contributed by atoms with Crippen molar-refractivity contribution >= 4 is 33.2 Å². The number of aryl methyl sites for hydroxylation is 3. The average molecular weight is 477 g/mol. The van der Waals surface area contributed by atoms with Crippen LogP contribution in [0.3, 0.4) is 0 Å². The molecule has 0 N–H and O–H groups in total. The number of benzene rings is 3. The van der Waals surface area contributed by atoms with Gasteiger partial charge in [-0.1, -0.05) is 72.8 Å². The third-order valence-electron chi connectivity index (χ3n) is 7.93. The topological polar surface area (TPSA) is 0 Å². The van der Waals surface area contributed by atoms with Crippen molar-refractivity contribution in [2.45, 2.75) is 43.9 Å². The molecule has 0 saturated heterocycles. The van der Waals surface area contributed by atoms with Crippen molar-refractivity contribution in [1.82, 2.24) is 0 Å². The van der Waals surface area contributed by atoms with E-state index in [1.165, 1.54) is 35.1 Å². The van der Waals surface area contributed by atoms with E-state index in [0.29, 0.717) is 11.8 Å². The summed E-state index contributed by atoms with van der Waals surface area (Å²) in [7, 11) is 0. The molecule has 0 amide bonds. The second-order valence-electron chi connectivity index (χ2n) is 9.81. The van der Waals surface area contributed by atoms with E-state index >= 15 is 0 Å². The van der Waals surface area contributed by atoms with E-state index in [-0.39, 0.29) is 0 Å². The lowest BCUT2D eigenvalue weighted by Gasteiger charge is -2.43. The maximum atomic E-state index is 2.67. The van der Waals surface area contributed by atoms with Crippen LogP contribution in [-0.4, -0.2) is 5.75 Å². The van der Waals surface area contributed by atoms with Gasteiger partial charge in [0.1, 0.15) is 0 Å². The van der Waals surface area contributed by atoms with Crippen LogP contribution in [0.1, 0.15) is 52.5 Å². The molecule has 0 spiro atoms. The van der Waals surface area contributed by atoms with Crippen molar-refractivity contribution in [3.05, 3.63) is 128 Å². The Kier molecular flexibility index (Phi) is 5.25. The summed E-state index contributed by atoms with van der Waals surface area (Å²) in [6.45, 7) is 0. The first-order valence-electron chi connectivity index (χ1n) is 12.5. The average Bonchev–Trinajstić information content (AvgIpc) is 3.55. The zero-order valence-electron chi connectivity index (χ0n) is 19.3. The molecule has 1 aliphatic heterocycles. The lowest BCUT2D eigenvalue weighted by atomic mass is 9.62. The van der Waals surface area contributed by atoms with Crippen molar-refractivity contribution in [2.75, 3.05) is 5.75 Å². The van der Waals surface area contributed by atoms with Crippen LogP contribution in [-0.2, 0) is 19.3 Å². The Balaban J connectivity index is 1.23. The lowest BCUT2D eigenvalue weighted by Crippen LogP contribution is -2.27. The zero-order chi connectivity index (χ0) is 22.5. The fourth-order valence-electron chi connectivity index (χ4n) is 6.27. The minimum Gasteiger partial charge on any atom is -0.143 e. The lowest BCUT2D eigenvalue weighted by molar-refractivity contribution is 0.619. The van der Waals surface area contributed by atoms with Gasteiger partial charge in [0.15, 0.2) is 0 Å². The fraction of sp³-hybridized carbons (Fsp3) is 0.250. The molecule has 2 aliphatic carbocycles. The van der Waals surface area contributed by atoms with Gasteiger partial charge in [-0.3, -0.25) is 0 Å². The first kappa shape index (κ1) is 20.8. The Morgan fingerprint density at radius 3 is 2.29 bits per heavy atom. The van der Waals surface area contributed by atoms with Crippen molar-refractivity contribution in [2.24, 2.45) is 0 Å². The molecule has 2 heterocycles. The molecule has 0 saturated carbocycles. The molecule has 34 heavy (non-hydrogen) atoms. The van der Waals surface area contributed by atoms with Gasteiger partial charge in [-0.15, -0.1) is 23.1 Å². The maximum Gasteiger partial charge on any atom is 0.0386 e. The summed E-state index contributed by atoms with van der Waals surface area (Å²) >= 11 is 4.10. The second-order valence-corrected chi connectivity index (χ2v) is 11.9. The molecule has 2 unspecified atom stereocenters. The van der Waals surface area contributed by atoms with E-state index in [4.69, 9.17) is 0 Å². The van der Waals surface area contributed by atoms with E-state index < -0.39 is 0 Å². The van der Waals surface area contributed by atoms with Crippen molar-refractivity contribution in [3.63, 3.8) is 0 Å². The Bertz CT molecular complexity index is 1420. The van der Waals surface area contributed by atoms with Gasteiger partial charge < -0.3 is 0 Å². The van der Waals surface area contributed by atoms with Crippen molar-refractivity contribution in [1.29, 1.82) is 0 Å². The van der Waals surface area contributed by atoms with Crippen LogP contribution in [0.15, 0.2) is 100 Å². The molecule has 7 rings (SSSR count). The van der Waals surface area contributed by atoms with Gasteiger partial charge in [0.25, 0.3) is 0 Å². The molecule has 3 aliphatic rings. The summed E-state index contributed by atoms with van der Waals surface area (Å²) in [4.78, 5) is 1.70. The van der Waals surface area contributed by atoms with E-state index in [1.807, 2.05) is 11.3 Å². The predicted octanol–water partition coefficient (Wildman–Crippen LogP) is 8.83. The van der Waals surface area contributed by atoms with E-state index in [1.54, 1.807) is 37.4 Å². The number of allylic oxidation sites excluding steroid dienone is 4. The molecule has 3 aromatic carbocycles.